The van der Waals surface area contributed by atoms with Crippen LogP contribution >= 0.6 is 11.6 Å². The maximum Gasteiger partial charge on any atom is 0.274 e. The summed E-state index contributed by atoms with van der Waals surface area (Å²) in [6.07, 6.45) is 0. The number of anilines is 1. The first-order valence-corrected chi connectivity index (χ1v) is 6.41. The highest BCUT2D eigenvalue weighted by Crippen LogP contribution is 2.23. The fraction of sp³-hybridized carbons (Fsp3) is 0.0714. The normalized spacial score (nSPS) is 11.2. The minimum Gasteiger partial charge on any atom is -0.409 e. The summed E-state index contributed by atoms with van der Waals surface area (Å²) in [6.45, 7) is 1.79. The van der Waals surface area contributed by atoms with Gasteiger partial charge in [-0.3, -0.25) is 4.79 Å². The smallest absolute Gasteiger partial charge is 0.274 e. The van der Waals surface area contributed by atoms with E-state index in [1.807, 2.05) is 0 Å². The average molecular weight is 305 g/mol. The average Bonchev–Trinajstić information content (AvgIpc) is 2.48. The number of carbonyl (C=O) groups excluding carboxylic acids is 1. The zero-order valence-corrected chi connectivity index (χ0v) is 11.9. The molecule has 0 aliphatic carbocycles. The Balaban J connectivity index is 2.29. The highest BCUT2D eigenvalue weighted by atomic mass is 35.5. The van der Waals surface area contributed by atoms with Gasteiger partial charge in [0.15, 0.2) is 5.84 Å². The Labute approximate surface area is 126 Å². The summed E-state index contributed by atoms with van der Waals surface area (Å²) in [5, 5.41) is 14.6. The van der Waals surface area contributed by atoms with Crippen LogP contribution in [0.5, 0.6) is 0 Å². The summed E-state index contributed by atoms with van der Waals surface area (Å²) in [5.74, 6) is -0.465. The fourth-order valence-electron chi connectivity index (χ4n) is 1.69. The predicted molar refractivity (Wildman–Crippen MR) is 80.9 cm³/mol. The number of aromatic nitrogens is 1. The van der Waals surface area contributed by atoms with Gasteiger partial charge >= 0.3 is 0 Å². The van der Waals surface area contributed by atoms with E-state index in [0.717, 1.165) is 5.69 Å². The number of amidine groups is 1. The van der Waals surface area contributed by atoms with Crippen LogP contribution in [0.15, 0.2) is 41.6 Å². The molecule has 4 N–H and O–H groups in total. The number of oxime groups is 1. The lowest BCUT2D eigenvalue weighted by molar-refractivity contribution is 0.102. The summed E-state index contributed by atoms with van der Waals surface area (Å²) in [6, 6.07) is 9.79. The number of nitrogens with zero attached hydrogens (tertiary/aromatic N) is 2. The van der Waals surface area contributed by atoms with Gasteiger partial charge in [-0.05, 0) is 37.3 Å². The number of halogens is 1. The van der Waals surface area contributed by atoms with Gasteiger partial charge in [-0.15, -0.1) is 0 Å². The molecule has 0 atom stereocenters. The number of pyridine rings is 1. The van der Waals surface area contributed by atoms with Gasteiger partial charge in [0.1, 0.15) is 5.69 Å². The molecule has 2 aromatic rings. The molecule has 0 bridgehead atoms. The highest BCUT2D eigenvalue weighted by Gasteiger charge is 2.11. The summed E-state index contributed by atoms with van der Waals surface area (Å²) >= 11 is 6.03. The number of hydrogen-bond acceptors (Lipinski definition) is 4. The van der Waals surface area contributed by atoms with Gasteiger partial charge in [0.2, 0.25) is 0 Å². The number of nitrogens with two attached hydrogens (primary N) is 1. The van der Waals surface area contributed by atoms with Crippen molar-refractivity contribution in [2.24, 2.45) is 10.9 Å². The molecule has 1 aromatic heterocycles. The van der Waals surface area contributed by atoms with Crippen LogP contribution in [-0.4, -0.2) is 21.9 Å². The van der Waals surface area contributed by atoms with Crippen molar-refractivity contribution in [2.45, 2.75) is 6.92 Å². The molecule has 0 saturated carbocycles. The van der Waals surface area contributed by atoms with Crippen LogP contribution in [0.3, 0.4) is 0 Å². The van der Waals surface area contributed by atoms with Gasteiger partial charge in [0.25, 0.3) is 5.91 Å². The zero-order valence-electron chi connectivity index (χ0n) is 11.2. The molecule has 1 amide bonds. The Morgan fingerprint density at radius 3 is 2.81 bits per heavy atom. The Morgan fingerprint density at radius 1 is 1.38 bits per heavy atom. The van der Waals surface area contributed by atoms with E-state index in [0.29, 0.717) is 16.3 Å². The SMILES string of the molecule is Cc1cccc(C(=O)Nc2cc(/C(N)=N/O)ccc2Cl)n1. The third-order valence-electron chi connectivity index (χ3n) is 2.74. The molecule has 0 radical (unpaired) electrons. The maximum atomic E-state index is 12.1. The van der Waals surface area contributed by atoms with Crippen LogP contribution in [0, 0.1) is 6.92 Å². The number of benzene rings is 1. The Morgan fingerprint density at radius 2 is 2.14 bits per heavy atom. The van der Waals surface area contributed by atoms with Gasteiger partial charge in [0.05, 0.1) is 10.7 Å². The van der Waals surface area contributed by atoms with E-state index in [9.17, 15) is 4.79 Å². The van der Waals surface area contributed by atoms with Crippen LogP contribution < -0.4 is 11.1 Å². The molecule has 0 spiro atoms. The van der Waals surface area contributed by atoms with Crippen molar-refractivity contribution >= 4 is 29.0 Å². The zero-order chi connectivity index (χ0) is 15.4. The van der Waals surface area contributed by atoms with E-state index >= 15 is 0 Å². The molecule has 0 saturated heterocycles. The van der Waals surface area contributed by atoms with Gasteiger partial charge in [-0.2, -0.15) is 0 Å². The van der Waals surface area contributed by atoms with Crippen LogP contribution in [0.4, 0.5) is 5.69 Å². The molecule has 108 valence electrons. The van der Waals surface area contributed by atoms with Crippen molar-refractivity contribution < 1.29 is 10.0 Å². The number of amides is 1. The van der Waals surface area contributed by atoms with E-state index < -0.39 is 5.91 Å². The molecule has 0 aliphatic heterocycles. The van der Waals surface area contributed by atoms with E-state index in [-0.39, 0.29) is 11.5 Å². The first-order valence-electron chi connectivity index (χ1n) is 6.03. The van der Waals surface area contributed by atoms with Crippen LogP contribution in [0.2, 0.25) is 5.02 Å². The molecule has 6 nitrogen and oxygen atoms in total. The second-order valence-corrected chi connectivity index (χ2v) is 4.71. The largest absolute Gasteiger partial charge is 0.409 e. The van der Waals surface area contributed by atoms with Crippen molar-refractivity contribution in [1.29, 1.82) is 0 Å². The lowest BCUT2D eigenvalue weighted by Gasteiger charge is -2.09. The molecule has 0 unspecified atom stereocenters. The quantitative estimate of drug-likeness (QED) is 0.351. The molecular formula is C14H13ClN4O2. The predicted octanol–water partition coefficient (Wildman–Crippen LogP) is 2.39. The molecule has 2 rings (SSSR count). The van der Waals surface area contributed by atoms with E-state index in [1.165, 1.54) is 6.07 Å². The molecule has 0 aliphatic rings. The number of aryl methyl sites for hydroxylation is 1. The Kier molecular flexibility index (Phi) is 4.39. The molecule has 7 heteroatoms. The molecule has 1 aromatic carbocycles. The summed E-state index contributed by atoms with van der Waals surface area (Å²) in [7, 11) is 0. The minimum absolute atomic E-state index is 0.0733. The fourth-order valence-corrected chi connectivity index (χ4v) is 1.86. The number of carbonyl (C=O) groups is 1. The number of hydrogen-bond donors (Lipinski definition) is 3. The Bertz CT molecular complexity index is 716. The maximum absolute atomic E-state index is 12.1. The Hall–Kier alpha value is -2.60. The van der Waals surface area contributed by atoms with Crippen molar-refractivity contribution in [3.63, 3.8) is 0 Å². The monoisotopic (exact) mass is 304 g/mol. The lowest BCUT2D eigenvalue weighted by atomic mass is 10.2. The van der Waals surface area contributed by atoms with E-state index in [1.54, 1.807) is 37.3 Å². The van der Waals surface area contributed by atoms with Gasteiger partial charge in [-0.25, -0.2) is 4.98 Å². The van der Waals surface area contributed by atoms with Gasteiger partial charge in [-0.1, -0.05) is 22.8 Å². The third kappa shape index (κ3) is 3.49. The van der Waals surface area contributed by atoms with Crippen LogP contribution in [-0.2, 0) is 0 Å². The summed E-state index contributed by atoms with van der Waals surface area (Å²) in [5.41, 5.74) is 7.32. The summed E-state index contributed by atoms with van der Waals surface area (Å²) < 4.78 is 0. The minimum atomic E-state index is -0.391. The lowest BCUT2D eigenvalue weighted by Crippen LogP contribution is -2.16. The van der Waals surface area contributed by atoms with Gasteiger partial charge in [0, 0.05) is 11.3 Å². The van der Waals surface area contributed by atoms with Crippen LogP contribution in [0.1, 0.15) is 21.7 Å². The topological polar surface area (TPSA) is 101 Å². The molecular weight excluding hydrogens is 292 g/mol. The first kappa shape index (κ1) is 14.8. The van der Waals surface area contributed by atoms with E-state index in [4.69, 9.17) is 22.5 Å². The third-order valence-corrected chi connectivity index (χ3v) is 3.07. The molecule has 21 heavy (non-hydrogen) atoms. The first-order chi connectivity index (χ1) is 10.0. The van der Waals surface area contributed by atoms with Crippen molar-refractivity contribution in [1.82, 2.24) is 4.98 Å². The second-order valence-electron chi connectivity index (χ2n) is 4.30. The van der Waals surface area contributed by atoms with Gasteiger partial charge < -0.3 is 16.3 Å². The number of rotatable bonds is 3. The summed E-state index contributed by atoms with van der Waals surface area (Å²) in [4.78, 5) is 16.3. The molecule has 0 fully saturated rings. The second kappa shape index (κ2) is 6.23. The van der Waals surface area contributed by atoms with Crippen molar-refractivity contribution in [3.8, 4) is 0 Å². The number of nitrogens with one attached hydrogen (secondary N) is 1. The standard InChI is InChI=1S/C14H13ClN4O2/c1-8-3-2-4-11(17-8)14(20)18-12-7-9(13(16)19-21)5-6-10(12)15/h2-7,21H,1H3,(H2,16,19)(H,18,20). The van der Waals surface area contributed by atoms with Crippen molar-refractivity contribution in [3.05, 3.63) is 58.4 Å². The molecule has 1 heterocycles. The highest BCUT2D eigenvalue weighted by molar-refractivity contribution is 6.34. The van der Waals surface area contributed by atoms with Crippen LogP contribution in [0.25, 0.3) is 0 Å². The van der Waals surface area contributed by atoms with Crippen molar-refractivity contribution in [2.75, 3.05) is 5.32 Å². The van der Waals surface area contributed by atoms with E-state index in [2.05, 4.69) is 15.5 Å².